The van der Waals surface area contributed by atoms with Crippen LogP contribution in [-0.2, 0) is 0 Å². The zero-order valence-electron chi connectivity index (χ0n) is 18.2. The number of hydrogen-bond donors (Lipinski definition) is 1. The average Bonchev–Trinajstić information content (AvgIpc) is 3.61. The lowest BCUT2D eigenvalue weighted by molar-refractivity contribution is 0.173. The smallest absolute Gasteiger partial charge is 0.322 e. The van der Waals surface area contributed by atoms with Gasteiger partial charge in [0.1, 0.15) is 17.6 Å². The van der Waals surface area contributed by atoms with Crippen LogP contribution in [0.3, 0.4) is 0 Å². The van der Waals surface area contributed by atoms with Crippen LogP contribution in [0.2, 0.25) is 0 Å². The number of carbonyl (C=O) groups is 1. The quantitative estimate of drug-likeness (QED) is 0.792. The van der Waals surface area contributed by atoms with Crippen molar-refractivity contribution in [3.8, 4) is 11.8 Å². The number of piperazine rings is 1. The summed E-state index contributed by atoms with van der Waals surface area (Å²) in [5, 5.41) is 12.2. The summed E-state index contributed by atoms with van der Waals surface area (Å²) in [5.41, 5.74) is 2.13. The van der Waals surface area contributed by atoms with Gasteiger partial charge in [-0.2, -0.15) is 5.26 Å². The molecule has 1 aromatic carbocycles. The second kappa shape index (κ2) is 8.80. The Kier molecular flexibility index (Phi) is 5.94. The van der Waals surface area contributed by atoms with Crippen molar-refractivity contribution < 1.29 is 9.53 Å². The van der Waals surface area contributed by atoms with Gasteiger partial charge in [0.05, 0.1) is 30.3 Å². The maximum Gasteiger partial charge on any atom is 0.322 e. The van der Waals surface area contributed by atoms with Gasteiger partial charge in [-0.15, -0.1) is 0 Å². The Balaban J connectivity index is 1.43. The van der Waals surface area contributed by atoms with Crippen molar-refractivity contribution >= 4 is 17.4 Å². The van der Waals surface area contributed by atoms with Crippen LogP contribution in [0.4, 0.5) is 16.2 Å². The fraction of sp³-hybridized carbons (Fsp3) is 0.478. The van der Waals surface area contributed by atoms with Crippen LogP contribution in [0.1, 0.15) is 50.9 Å². The summed E-state index contributed by atoms with van der Waals surface area (Å²) < 4.78 is 5.64. The minimum absolute atomic E-state index is 0.00837. The van der Waals surface area contributed by atoms with E-state index in [-0.39, 0.29) is 18.1 Å². The zero-order valence-corrected chi connectivity index (χ0v) is 18.2. The summed E-state index contributed by atoms with van der Waals surface area (Å²) in [6.07, 6.45) is 5.68. The first-order valence-electron chi connectivity index (χ1n) is 10.8. The maximum atomic E-state index is 12.9. The minimum Gasteiger partial charge on any atom is -0.492 e. The van der Waals surface area contributed by atoms with Crippen LogP contribution in [0.15, 0.2) is 30.6 Å². The Morgan fingerprint density at radius 3 is 2.61 bits per heavy atom. The molecule has 162 valence electrons. The molecule has 1 aromatic heterocycles. The summed E-state index contributed by atoms with van der Waals surface area (Å²) in [7, 11) is 0. The molecule has 2 atom stereocenters. The van der Waals surface area contributed by atoms with Crippen molar-refractivity contribution in [3.63, 3.8) is 0 Å². The predicted octanol–water partition coefficient (Wildman–Crippen LogP) is 3.76. The largest absolute Gasteiger partial charge is 0.492 e. The monoisotopic (exact) mass is 420 g/mol. The lowest BCUT2D eigenvalue weighted by atomic mass is 10.1. The van der Waals surface area contributed by atoms with Gasteiger partial charge in [0.15, 0.2) is 0 Å². The van der Waals surface area contributed by atoms with E-state index < -0.39 is 0 Å². The molecular formula is C23H28N6O2. The van der Waals surface area contributed by atoms with E-state index in [2.05, 4.69) is 33.2 Å². The van der Waals surface area contributed by atoms with Crippen molar-refractivity contribution in [2.45, 2.75) is 51.6 Å². The van der Waals surface area contributed by atoms with E-state index in [0.717, 1.165) is 24.4 Å². The number of aromatic nitrogens is 2. The second-order valence-electron chi connectivity index (χ2n) is 8.26. The Hall–Kier alpha value is -3.34. The highest BCUT2D eigenvalue weighted by Gasteiger charge is 2.33. The molecule has 0 unspecified atom stereocenters. The number of benzene rings is 1. The fourth-order valence-corrected chi connectivity index (χ4v) is 3.98. The van der Waals surface area contributed by atoms with Crippen molar-refractivity contribution in [3.05, 3.63) is 42.0 Å². The summed E-state index contributed by atoms with van der Waals surface area (Å²) in [6.45, 7) is 7.81. The first-order valence-corrected chi connectivity index (χ1v) is 10.8. The molecule has 2 aromatic rings. The molecular weight excluding hydrogens is 392 g/mol. The lowest BCUT2D eigenvalue weighted by Crippen LogP contribution is -2.59. The highest BCUT2D eigenvalue weighted by Crippen LogP contribution is 2.37. The van der Waals surface area contributed by atoms with Gasteiger partial charge in [0.2, 0.25) is 0 Å². The van der Waals surface area contributed by atoms with Gasteiger partial charge in [-0.1, -0.05) is 0 Å². The van der Waals surface area contributed by atoms with Crippen LogP contribution in [-0.4, -0.2) is 52.7 Å². The van der Waals surface area contributed by atoms with Crippen LogP contribution in [0.5, 0.6) is 5.75 Å². The molecule has 8 heteroatoms. The Bertz CT molecular complexity index is 983. The molecule has 1 aliphatic carbocycles. The molecule has 0 spiro atoms. The molecule has 2 amide bonds. The molecule has 1 aliphatic heterocycles. The van der Waals surface area contributed by atoms with E-state index >= 15 is 0 Å². The number of nitriles is 1. The van der Waals surface area contributed by atoms with Crippen LogP contribution >= 0.6 is 0 Å². The number of carbonyl (C=O) groups excluding carboxylic acids is 1. The maximum absolute atomic E-state index is 12.9. The number of rotatable bonds is 5. The summed E-state index contributed by atoms with van der Waals surface area (Å²) in [6, 6.07) is 7.80. The van der Waals surface area contributed by atoms with E-state index in [0.29, 0.717) is 42.6 Å². The first-order chi connectivity index (χ1) is 15.0. The molecule has 2 fully saturated rings. The number of amides is 2. The third kappa shape index (κ3) is 4.55. The van der Waals surface area contributed by atoms with Crippen molar-refractivity contribution in [1.29, 1.82) is 5.26 Å². The number of nitrogens with zero attached hydrogens (tertiary/aromatic N) is 5. The summed E-state index contributed by atoms with van der Waals surface area (Å²) in [5.74, 6) is 1.95. The topological polar surface area (TPSA) is 94.4 Å². The van der Waals surface area contributed by atoms with E-state index in [9.17, 15) is 10.1 Å². The second-order valence-corrected chi connectivity index (χ2v) is 8.26. The van der Waals surface area contributed by atoms with Crippen LogP contribution < -0.4 is 15.0 Å². The third-order valence-corrected chi connectivity index (χ3v) is 5.83. The number of hydrogen-bond acceptors (Lipinski definition) is 6. The van der Waals surface area contributed by atoms with E-state index in [1.165, 1.54) is 0 Å². The number of urea groups is 1. The molecule has 2 aliphatic rings. The van der Waals surface area contributed by atoms with Crippen molar-refractivity contribution in [2.75, 3.05) is 29.9 Å². The average molecular weight is 421 g/mol. The van der Waals surface area contributed by atoms with Gasteiger partial charge in [0.25, 0.3) is 0 Å². The molecule has 0 bridgehead atoms. The molecule has 1 saturated heterocycles. The Morgan fingerprint density at radius 2 is 1.97 bits per heavy atom. The number of anilines is 2. The third-order valence-electron chi connectivity index (χ3n) is 5.83. The van der Waals surface area contributed by atoms with E-state index in [1.54, 1.807) is 18.5 Å². The normalized spacial score (nSPS) is 20.8. The van der Waals surface area contributed by atoms with E-state index in [4.69, 9.17) is 4.74 Å². The van der Waals surface area contributed by atoms with Gasteiger partial charge in [0, 0.05) is 42.8 Å². The summed E-state index contributed by atoms with van der Waals surface area (Å²) >= 11 is 0. The molecule has 1 saturated carbocycles. The number of nitrogens with one attached hydrogen (secondary N) is 1. The van der Waals surface area contributed by atoms with E-state index in [1.807, 2.05) is 30.9 Å². The molecule has 8 nitrogen and oxygen atoms in total. The lowest BCUT2D eigenvalue weighted by Gasteiger charge is -2.45. The van der Waals surface area contributed by atoms with Gasteiger partial charge >= 0.3 is 6.03 Å². The van der Waals surface area contributed by atoms with Crippen molar-refractivity contribution in [2.24, 2.45) is 0 Å². The zero-order chi connectivity index (χ0) is 22.0. The van der Waals surface area contributed by atoms with Gasteiger partial charge in [-0.25, -0.2) is 14.8 Å². The van der Waals surface area contributed by atoms with Crippen LogP contribution in [0.25, 0.3) is 0 Å². The molecule has 2 heterocycles. The Morgan fingerprint density at radius 1 is 1.23 bits per heavy atom. The molecule has 1 N–H and O–H groups in total. The minimum atomic E-state index is -0.142. The molecule has 4 rings (SSSR count). The Labute approximate surface area is 182 Å². The molecule has 31 heavy (non-hydrogen) atoms. The predicted molar refractivity (Wildman–Crippen MR) is 118 cm³/mol. The van der Waals surface area contributed by atoms with Crippen molar-refractivity contribution in [1.82, 2.24) is 14.9 Å². The van der Waals surface area contributed by atoms with Gasteiger partial charge < -0.3 is 19.9 Å². The standard InChI is InChI=1S/C23H28N6O2/c1-4-31-21-9-20(8-7-18(21)10-24)28-13-16(3)29(14-15(28)2)23(30)27-19-11-25-22(26-12-19)17-5-6-17/h7-9,11-12,15-17H,4-6,13-14H2,1-3H3,(H,27,30)/t15-,16+/m0/s1. The first kappa shape index (κ1) is 20.9. The highest BCUT2D eigenvalue weighted by molar-refractivity contribution is 5.89. The van der Waals surface area contributed by atoms with Gasteiger partial charge in [-0.05, 0) is 45.7 Å². The fourth-order valence-electron chi connectivity index (χ4n) is 3.98. The van der Waals surface area contributed by atoms with Crippen LogP contribution in [0, 0.1) is 11.3 Å². The highest BCUT2D eigenvalue weighted by atomic mass is 16.5. The number of ether oxygens (including phenoxy) is 1. The molecule has 0 radical (unpaired) electrons. The van der Waals surface area contributed by atoms with Gasteiger partial charge in [-0.3, -0.25) is 0 Å². The SMILES string of the molecule is CCOc1cc(N2C[C@@H](C)N(C(=O)Nc3cnc(C4CC4)nc3)C[C@@H]2C)ccc1C#N. The summed E-state index contributed by atoms with van der Waals surface area (Å²) in [4.78, 5) is 25.8.